The lowest BCUT2D eigenvalue weighted by atomic mass is 9.43. The largest absolute Gasteiger partial charge is 0.496 e. The van der Waals surface area contributed by atoms with E-state index in [9.17, 15) is 0 Å². The second-order valence-corrected chi connectivity index (χ2v) is 9.78. The van der Waals surface area contributed by atoms with Crippen LogP contribution in [0, 0.1) is 16.7 Å². The monoisotopic (exact) mass is 359 g/mol. The molecule has 0 spiro atoms. The third-order valence-corrected chi connectivity index (χ3v) is 7.07. The minimum atomic E-state index is 0.279. The van der Waals surface area contributed by atoms with Gasteiger partial charge in [-0.05, 0) is 61.3 Å². The molecule has 2 unspecified atom stereocenters. The first-order valence-corrected chi connectivity index (χ1v) is 9.86. The molecule has 1 aromatic carbocycles. The van der Waals surface area contributed by atoms with Crippen molar-refractivity contribution >= 4 is 0 Å². The maximum Gasteiger partial charge on any atom is 0.164 e. The summed E-state index contributed by atoms with van der Waals surface area (Å²) in [5.41, 5.74) is 2.45. The molecule has 4 atom stereocenters. The lowest BCUT2D eigenvalue weighted by Gasteiger charge is -2.65. The van der Waals surface area contributed by atoms with Gasteiger partial charge in [0, 0.05) is 23.7 Å². The van der Waals surface area contributed by atoms with Gasteiger partial charge in [-0.2, -0.15) is 0 Å². The standard InChI is InChI=1S/C22H33NO3/c1-20-8-15-9-21(2,12-20)14-22(10-15,13-20)23-11-16-6-18(25-4)19(26-5)7-17(16)24-3/h6-7,15,23H,8-14H2,1-5H3/t15?,20-,21+,22?. The average Bonchev–Trinajstić information content (AvgIpc) is 2.56. The fraction of sp³-hybridized carbons (Fsp3) is 0.727. The van der Waals surface area contributed by atoms with Crippen LogP contribution >= 0.6 is 0 Å². The van der Waals surface area contributed by atoms with E-state index < -0.39 is 0 Å². The van der Waals surface area contributed by atoms with Crippen LogP contribution in [-0.2, 0) is 6.54 Å². The Morgan fingerprint density at radius 2 is 1.42 bits per heavy atom. The maximum atomic E-state index is 5.62. The predicted molar refractivity (Wildman–Crippen MR) is 103 cm³/mol. The SMILES string of the molecule is COc1cc(OC)c(OC)cc1CNC12CC3C[C@@](C)(C1)C[C@](C)(C3)C2. The number of rotatable bonds is 6. The average molecular weight is 360 g/mol. The van der Waals surface area contributed by atoms with Gasteiger partial charge in [0.15, 0.2) is 11.5 Å². The summed E-state index contributed by atoms with van der Waals surface area (Å²) in [5.74, 6) is 3.22. The van der Waals surface area contributed by atoms with Crippen LogP contribution in [0.15, 0.2) is 12.1 Å². The Labute approximate surface area is 157 Å². The predicted octanol–water partition coefficient (Wildman–Crippen LogP) is 4.55. The molecule has 0 radical (unpaired) electrons. The van der Waals surface area contributed by atoms with Gasteiger partial charge >= 0.3 is 0 Å². The highest BCUT2D eigenvalue weighted by atomic mass is 16.5. The first-order valence-electron chi connectivity index (χ1n) is 9.86. The van der Waals surface area contributed by atoms with Crippen molar-refractivity contribution in [2.24, 2.45) is 16.7 Å². The van der Waals surface area contributed by atoms with Crippen LogP contribution in [0.25, 0.3) is 0 Å². The highest BCUT2D eigenvalue weighted by Crippen LogP contribution is 2.66. The molecule has 144 valence electrons. The van der Waals surface area contributed by atoms with Crippen molar-refractivity contribution in [2.45, 2.75) is 64.5 Å². The Morgan fingerprint density at radius 1 is 0.846 bits per heavy atom. The van der Waals surface area contributed by atoms with Gasteiger partial charge in [-0.25, -0.2) is 0 Å². The van der Waals surface area contributed by atoms with Crippen molar-refractivity contribution in [1.29, 1.82) is 0 Å². The second kappa shape index (κ2) is 6.05. The molecule has 0 amide bonds. The third kappa shape index (κ3) is 2.96. The van der Waals surface area contributed by atoms with Crippen molar-refractivity contribution in [3.8, 4) is 17.2 Å². The highest BCUT2D eigenvalue weighted by Gasteiger charge is 2.59. The molecule has 4 bridgehead atoms. The van der Waals surface area contributed by atoms with Crippen LogP contribution in [0.2, 0.25) is 0 Å². The summed E-state index contributed by atoms with van der Waals surface area (Å²) in [6.45, 7) is 5.84. The van der Waals surface area contributed by atoms with Crippen LogP contribution in [0.4, 0.5) is 0 Å². The van der Waals surface area contributed by atoms with Gasteiger partial charge in [-0.1, -0.05) is 13.8 Å². The van der Waals surface area contributed by atoms with Crippen molar-refractivity contribution in [3.63, 3.8) is 0 Å². The van der Waals surface area contributed by atoms with E-state index in [2.05, 4.69) is 25.2 Å². The molecular formula is C22H33NO3. The van der Waals surface area contributed by atoms with Crippen LogP contribution < -0.4 is 19.5 Å². The smallest absolute Gasteiger partial charge is 0.164 e. The molecule has 4 nitrogen and oxygen atoms in total. The zero-order valence-electron chi connectivity index (χ0n) is 16.9. The van der Waals surface area contributed by atoms with Crippen LogP contribution in [0.1, 0.15) is 57.9 Å². The summed E-state index contributed by atoms with van der Waals surface area (Å²) in [5, 5.41) is 3.98. The van der Waals surface area contributed by atoms with Crippen molar-refractivity contribution in [3.05, 3.63) is 17.7 Å². The third-order valence-electron chi connectivity index (χ3n) is 7.07. The molecule has 4 saturated carbocycles. The first kappa shape index (κ1) is 18.0. The number of hydrogen-bond donors (Lipinski definition) is 1. The van der Waals surface area contributed by atoms with Gasteiger partial charge in [-0.15, -0.1) is 0 Å². The summed E-state index contributed by atoms with van der Waals surface area (Å²) in [4.78, 5) is 0. The lowest BCUT2D eigenvalue weighted by molar-refractivity contribution is -0.118. The number of methoxy groups -OCH3 is 3. The fourth-order valence-corrected chi connectivity index (χ4v) is 7.16. The van der Waals surface area contributed by atoms with Crippen molar-refractivity contribution < 1.29 is 14.2 Å². The first-order chi connectivity index (χ1) is 12.3. The Balaban J connectivity index is 1.58. The molecule has 1 N–H and O–H groups in total. The quantitative estimate of drug-likeness (QED) is 0.809. The highest BCUT2D eigenvalue weighted by molar-refractivity contribution is 5.50. The van der Waals surface area contributed by atoms with Crippen molar-refractivity contribution in [2.75, 3.05) is 21.3 Å². The number of nitrogens with one attached hydrogen (secondary N) is 1. The van der Waals surface area contributed by atoms with Crippen molar-refractivity contribution in [1.82, 2.24) is 5.32 Å². The van der Waals surface area contributed by atoms with E-state index >= 15 is 0 Å². The molecule has 4 aliphatic carbocycles. The molecule has 0 heterocycles. The maximum absolute atomic E-state index is 5.62. The van der Waals surface area contributed by atoms with Gasteiger partial charge < -0.3 is 19.5 Å². The van der Waals surface area contributed by atoms with E-state index in [4.69, 9.17) is 14.2 Å². The molecule has 4 heteroatoms. The Kier molecular flexibility index (Phi) is 4.18. The minimum Gasteiger partial charge on any atom is -0.496 e. The normalized spacial score (nSPS) is 37.7. The summed E-state index contributed by atoms with van der Waals surface area (Å²) in [6.07, 6.45) is 8.19. The Hall–Kier alpha value is -1.42. The van der Waals surface area contributed by atoms with E-state index in [0.717, 1.165) is 29.5 Å². The van der Waals surface area contributed by atoms with Crippen LogP contribution in [0.3, 0.4) is 0 Å². The summed E-state index contributed by atoms with van der Waals surface area (Å²) in [7, 11) is 5.06. The molecule has 1 aromatic rings. The van der Waals surface area contributed by atoms with E-state index in [1.165, 1.54) is 38.5 Å². The van der Waals surface area contributed by atoms with E-state index in [1.54, 1.807) is 21.3 Å². The van der Waals surface area contributed by atoms with Crippen LogP contribution in [0.5, 0.6) is 17.2 Å². The summed E-state index contributed by atoms with van der Waals surface area (Å²) in [6, 6.07) is 3.98. The zero-order chi connectivity index (χ0) is 18.6. The van der Waals surface area contributed by atoms with Gasteiger partial charge in [-0.3, -0.25) is 0 Å². The molecule has 5 rings (SSSR count). The van der Waals surface area contributed by atoms with Crippen LogP contribution in [-0.4, -0.2) is 26.9 Å². The zero-order valence-corrected chi connectivity index (χ0v) is 16.9. The molecular weight excluding hydrogens is 326 g/mol. The second-order valence-electron chi connectivity index (χ2n) is 9.78. The number of benzene rings is 1. The lowest BCUT2D eigenvalue weighted by Crippen LogP contribution is -2.63. The van der Waals surface area contributed by atoms with Gasteiger partial charge in [0.25, 0.3) is 0 Å². The number of ether oxygens (including phenoxy) is 3. The van der Waals surface area contributed by atoms with Gasteiger partial charge in [0.2, 0.25) is 0 Å². The molecule has 0 aromatic heterocycles. The molecule has 26 heavy (non-hydrogen) atoms. The fourth-order valence-electron chi connectivity index (χ4n) is 7.16. The van der Waals surface area contributed by atoms with E-state index in [0.29, 0.717) is 16.6 Å². The Morgan fingerprint density at radius 3 is 1.96 bits per heavy atom. The number of hydrogen-bond acceptors (Lipinski definition) is 4. The molecule has 4 aliphatic rings. The Bertz CT molecular complexity index is 683. The molecule has 0 aliphatic heterocycles. The van der Waals surface area contributed by atoms with E-state index in [-0.39, 0.29) is 5.54 Å². The topological polar surface area (TPSA) is 39.7 Å². The molecule has 4 fully saturated rings. The minimum absolute atomic E-state index is 0.279. The summed E-state index contributed by atoms with van der Waals surface area (Å²) < 4.78 is 16.5. The summed E-state index contributed by atoms with van der Waals surface area (Å²) >= 11 is 0. The van der Waals surface area contributed by atoms with Gasteiger partial charge in [0.05, 0.1) is 21.3 Å². The molecule has 0 saturated heterocycles. The van der Waals surface area contributed by atoms with E-state index in [1.807, 2.05) is 6.07 Å². The van der Waals surface area contributed by atoms with Gasteiger partial charge in [0.1, 0.15) is 5.75 Å².